The van der Waals surface area contributed by atoms with Crippen molar-refractivity contribution >= 4 is 39.2 Å². The second-order valence-electron chi connectivity index (χ2n) is 9.05. The summed E-state index contributed by atoms with van der Waals surface area (Å²) in [6, 6.07) is 0.295. The van der Waals surface area contributed by atoms with Gasteiger partial charge in [0.15, 0.2) is 0 Å². The minimum Gasteiger partial charge on any atom is -0.353 e. The van der Waals surface area contributed by atoms with Crippen molar-refractivity contribution in [3.05, 3.63) is 26.6 Å². The molecule has 5 rings (SSSR count). The Morgan fingerprint density at radius 2 is 2.24 bits per heavy atom. The van der Waals surface area contributed by atoms with Gasteiger partial charge >= 0.3 is 0 Å². The molecule has 156 valence electrons. The fourth-order valence-corrected chi connectivity index (χ4v) is 7.87. The van der Waals surface area contributed by atoms with Crippen LogP contribution in [0.2, 0.25) is 0 Å². The van der Waals surface area contributed by atoms with Crippen molar-refractivity contribution in [2.45, 2.75) is 70.1 Å². The third-order valence-electron chi connectivity index (χ3n) is 7.16. The summed E-state index contributed by atoms with van der Waals surface area (Å²) in [4.78, 5) is 34.7. The Balaban J connectivity index is 1.10. The number of hydrogen-bond acceptors (Lipinski definition) is 5. The van der Waals surface area contributed by atoms with Gasteiger partial charge in [-0.05, 0) is 68.8 Å². The van der Waals surface area contributed by atoms with E-state index < -0.39 is 0 Å². The monoisotopic (exact) mass is 431 g/mol. The average Bonchev–Trinajstić information content (AvgIpc) is 3.45. The number of aryl methyl sites for hydroxylation is 2. The van der Waals surface area contributed by atoms with Crippen LogP contribution in [0, 0.1) is 17.8 Å². The molecule has 2 N–H and O–H groups in total. The van der Waals surface area contributed by atoms with Crippen LogP contribution in [0.25, 0.3) is 10.2 Å². The molecular formula is C22H29N3O2S2. The second-order valence-corrected chi connectivity index (χ2v) is 11.2. The Hall–Kier alpha value is -1.34. The number of thiophene rings is 1. The van der Waals surface area contributed by atoms with Gasteiger partial charge in [-0.15, -0.1) is 11.3 Å². The molecule has 0 aromatic carbocycles. The van der Waals surface area contributed by atoms with E-state index in [0.717, 1.165) is 52.9 Å². The lowest BCUT2D eigenvalue weighted by molar-refractivity contribution is -0.121. The lowest BCUT2D eigenvalue weighted by atomic mass is 9.84. The van der Waals surface area contributed by atoms with Gasteiger partial charge in [-0.1, -0.05) is 6.42 Å². The van der Waals surface area contributed by atoms with Gasteiger partial charge in [-0.25, -0.2) is 4.98 Å². The lowest BCUT2D eigenvalue weighted by Gasteiger charge is -2.28. The number of hydrogen-bond donors (Lipinski definition) is 2. The number of amides is 1. The van der Waals surface area contributed by atoms with E-state index in [1.54, 1.807) is 23.1 Å². The van der Waals surface area contributed by atoms with Crippen LogP contribution in [0.4, 0.5) is 0 Å². The first kappa shape index (κ1) is 19.6. The normalized spacial score (nSPS) is 26.2. The molecule has 1 amide bonds. The molecule has 5 nitrogen and oxygen atoms in total. The summed E-state index contributed by atoms with van der Waals surface area (Å²) in [5.41, 5.74) is 1.22. The number of aromatic nitrogens is 2. The maximum atomic E-state index is 12.5. The Morgan fingerprint density at radius 3 is 3.03 bits per heavy atom. The number of fused-ring (bicyclic) bond motifs is 5. The van der Waals surface area contributed by atoms with Crippen molar-refractivity contribution in [2.75, 3.05) is 5.75 Å². The molecule has 2 aromatic rings. The fourth-order valence-electron chi connectivity index (χ4n) is 5.79. The molecule has 0 aliphatic heterocycles. The molecule has 2 aromatic heterocycles. The number of aromatic amines is 1. The summed E-state index contributed by atoms with van der Waals surface area (Å²) in [7, 11) is 0. The molecule has 2 heterocycles. The third-order valence-corrected chi connectivity index (χ3v) is 9.32. The van der Waals surface area contributed by atoms with Crippen molar-refractivity contribution in [3.63, 3.8) is 0 Å². The number of thioether (sulfide) groups is 1. The van der Waals surface area contributed by atoms with Crippen molar-refractivity contribution in [1.82, 2.24) is 15.3 Å². The maximum absolute atomic E-state index is 12.5. The van der Waals surface area contributed by atoms with Crippen LogP contribution in [0.3, 0.4) is 0 Å². The van der Waals surface area contributed by atoms with Crippen molar-refractivity contribution in [3.8, 4) is 0 Å². The van der Waals surface area contributed by atoms with Gasteiger partial charge in [0.25, 0.3) is 5.56 Å². The molecule has 3 aliphatic rings. The number of H-pyrrole nitrogens is 1. The van der Waals surface area contributed by atoms with Crippen molar-refractivity contribution in [2.24, 2.45) is 17.8 Å². The molecule has 0 spiro atoms. The molecular weight excluding hydrogens is 402 g/mol. The smallest absolute Gasteiger partial charge is 0.259 e. The SMILES string of the molecule is CC(NC(=O)CCSCc1nc2sc3c(c2c(=O)[nH]1)CCC3)C1CC2CCC1C2. The lowest BCUT2D eigenvalue weighted by Crippen LogP contribution is -2.40. The Bertz CT molecular complexity index is 982. The highest BCUT2D eigenvalue weighted by molar-refractivity contribution is 7.98. The van der Waals surface area contributed by atoms with E-state index in [1.807, 2.05) is 0 Å². The third kappa shape index (κ3) is 3.88. The first-order valence-corrected chi connectivity index (χ1v) is 13.0. The number of nitrogens with one attached hydrogen (secondary N) is 2. The van der Waals surface area contributed by atoms with Gasteiger partial charge in [0.1, 0.15) is 10.7 Å². The summed E-state index contributed by atoms with van der Waals surface area (Å²) in [6.45, 7) is 2.18. The van der Waals surface area contributed by atoms with E-state index in [0.29, 0.717) is 24.1 Å². The molecule has 4 atom stereocenters. The predicted molar refractivity (Wildman–Crippen MR) is 120 cm³/mol. The quantitative estimate of drug-likeness (QED) is 0.649. The largest absolute Gasteiger partial charge is 0.353 e. The first-order chi connectivity index (χ1) is 14.1. The molecule has 0 saturated heterocycles. The van der Waals surface area contributed by atoms with Crippen LogP contribution in [-0.2, 0) is 23.4 Å². The van der Waals surface area contributed by atoms with E-state index in [2.05, 4.69) is 22.2 Å². The minimum atomic E-state index is 0.00225. The summed E-state index contributed by atoms with van der Waals surface area (Å²) < 4.78 is 0. The van der Waals surface area contributed by atoms with Crippen molar-refractivity contribution < 1.29 is 4.79 Å². The summed E-state index contributed by atoms with van der Waals surface area (Å²) >= 11 is 3.34. The number of rotatable bonds is 7. The van der Waals surface area contributed by atoms with Gasteiger partial charge in [0.2, 0.25) is 5.91 Å². The van der Waals surface area contributed by atoms with Gasteiger partial charge < -0.3 is 10.3 Å². The topological polar surface area (TPSA) is 74.8 Å². The zero-order valence-electron chi connectivity index (χ0n) is 17.0. The Kier molecular flexibility index (Phi) is 5.45. The van der Waals surface area contributed by atoms with E-state index in [-0.39, 0.29) is 11.5 Å². The summed E-state index contributed by atoms with van der Waals surface area (Å²) in [5, 5.41) is 4.05. The van der Waals surface area contributed by atoms with Gasteiger partial charge in [-0.2, -0.15) is 11.8 Å². The minimum absolute atomic E-state index is 0.00225. The van der Waals surface area contributed by atoms with Crippen molar-refractivity contribution in [1.29, 1.82) is 0 Å². The van der Waals surface area contributed by atoms with Crippen LogP contribution in [0.5, 0.6) is 0 Å². The molecule has 2 saturated carbocycles. The molecule has 2 fully saturated rings. The van der Waals surface area contributed by atoms with E-state index in [4.69, 9.17) is 0 Å². The Labute approximate surface area is 179 Å². The predicted octanol–water partition coefficient (Wildman–Crippen LogP) is 4.04. The number of carbonyl (C=O) groups excluding carboxylic acids is 1. The van der Waals surface area contributed by atoms with Crippen LogP contribution >= 0.6 is 23.1 Å². The van der Waals surface area contributed by atoms with Crippen LogP contribution in [0.1, 0.15) is 61.7 Å². The highest BCUT2D eigenvalue weighted by Crippen LogP contribution is 2.49. The molecule has 2 bridgehead atoms. The highest BCUT2D eigenvalue weighted by atomic mass is 32.2. The zero-order chi connectivity index (χ0) is 20.0. The second kappa shape index (κ2) is 8.06. The van der Waals surface area contributed by atoms with Gasteiger partial charge in [0, 0.05) is 23.1 Å². The molecule has 3 aliphatic carbocycles. The average molecular weight is 432 g/mol. The summed E-state index contributed by atoms with van der Waals surface area (Å²) in [6.07, 6.45) is 9.19. The van der Waals surface area contributed by atoms with E-state index in [9.17, 15) is 9.59 Å². The zero-order valence-corrected chi connectivity index (χ0v) is 18.6. The number of nitrogens with zero attached hydrogens (tertiary/aromatic N) is 1. The van der Waals surface area contributed by atoms with Crippen LogP contribution < -0.4 is 10.9 Å². The maximum Gasteiger partial charge on any atom is 0.259 e. The van der Waals surface area contributed by atoms with Crippen LogP contribution in [-0.4, -0.2) is 27.7 Å². The van der Waals surface area contributed by atoms with Crippen LogP contribution in [0.15, 0.2) is 4.79 Å². The number of carbonyl (C=O) groups is 1. The molecule has 29 heavy (non-hydrogen) atoms. The van der Waals surface area contributed by atoms with E-state index >= 15 is 0 Å². The highest BCUT2D eigenvalue weighted by Gasteiger charge is 2.42. The van der Waals surface area contributed by atoms with E-state index in [1.165, 1.54) is 36.1 Å². The summed E-state index contributed by atoms with van der Waals surface area (Å²) in [5.74, 6) is 4.69. The fraction of sp³-hybridized carbons (Fsp3) is 0.682. The first-order valence-electron chi connectivity index (χ1n) is 11.0. The molecule has 7 heteroatoms. The standard InChI is InChI=1S/C22H29N3O2S2/c1-12(16-10-13-5-6-14(16)9-13)23-19(26)7-8-28-11-18-24-21(27)20-15-3-2-4-17(15)29-22(20)25-18/h12-14,16H,2-11H2,1H3,(H,23,26)(H,24,25,27). The Morgan fingerprint density at radius 1 is 1.34 bits per heavy atom. The molecule has 0 radical (unpaired) electrons. The van der Waals surface area contributed by atoms with Gasteiger partial charge in [0.05, 0.1) is 11.1 Å². The molecule has 4 unspecified atom stereocenters. The van der Waals surface area contributed by atoms with Gasteiger partial charge in [-0.3, -0.25) is 9.59 Å².